The Bertz CT molecular complexity index is 1440. The van der Waals surface area contributed by atoms with Gasteiger partial charge >= 0.3 is 6.61 Å². The van der Waals surface area contributed by atoms with E-state index >= 15 is 0 Å². The number of benzene rings is 1. The Labute approximate surface area is 212 Å². The van der Waals surface area contributed by atoms with Crippen molar-refractivity contribution in [2.75, 3.05) is 26.7 Å². The molecule has 37 heavy (non-hydrogen) atoms. The number of aromatic amines is 1. The molecule has 5 rings (SSSR count). The monoisotopic (exact) mass is 513 g/mol. The van der Waals surface area contributed by atoms with Crippen LogP contribution in [0.3, 0.4) is 0 Å². The number of ether oxygens (including phenoxy) is 2. The van der Waals surface area contributed by atoms with Crippen LogP contribution in [0.15, 0.2) is 30.6 Å². The number of nitrogens with one attached hydrogen (secondary N) is 2. The highest BCUT2D eigenvalue weighted by Gasteiger charge is 2.24. The van der Waals surface area contributed by atoms with Crippen LogP contribution in [0.25, 0.3) is 33.5 Å². The van der Waals surface area contributed by atoms with Gasteiger partial charge in [-0.05, 0) is 46.0 Å². The third kappa shape index (κ3) is 5.39. The van der Waals surface area contributed by atoms with Crippen LogP contribution in [0.2, 0.25) is 0 Å². The first-order valence-electron chi connectivity index (χ1n) is 12.0. The summed E-state index contributed by atoms with van der Waals surface area (Å²) in [5.74, 6) is -0.273. The van der Waals surface area contributed by atoms with E-state index in [1.54, 1.807) is 23.1 Å². The number of nitrogens with zero attached hydrogens (tertiary/aromatic N) is 5. The Morgan fingerprint density at radius 1 is 1.35 bits per heavy atom. The highest BCUT2D eigenvalue weighted by molar-refractivity contribution is 6.05. The normalized spacial score (nSPS) is 17.1. The zero-order valence-corrected chi connectivity index (χ0v) is 21.1. The molecule has 1 saturated heterocycles. The molecular weight excluding hydrogens is 484 g/mol. The fourth-order valence-corrected chi connectivity index (χ4v) is 4.42. The van der Waals surface area contributed by atoms with E-state index in [4.69, 9.17) is 14.8 Å². The maximum atomic E-state index is 12.9. The third-order valence-electron chi connectivity index (χ3n) is 6.02. The van der Waals surface area contributed by atoms with Crippen molar-refractivity contribution >= 4 is 28.0 Å². The van der Waals surface area contributed by atoms with Gasteiger partial charge in [-0.3, -0.25) is 9.48 Å². The molecule has 1 fully saturated rings. The lowest BCUT2D eigenvalue weighted by atomic mass is 10.1. The molecule has 1 atom stereocenters. The number of hydrogen-bond donors (Lipinski definition) is 2. The van der Waals surface area contributed by atoms with Crippen molar-refractivity contribution in [2.45, 2.75) is 45.6 Å². The zero-order valence-electron chi connectivity index (χ0n) is 21.1. The first-order valence-corrected chi connectivity index (χ1v) is 12.0. The van der Waals surface area contributed by atoms with Crippen LogP contribution in [-0.4, -0.2) is 80.5 Å². The molecule has 2 N–H and O–H groups in total. The maximum absolute atomic E-state index is 12.9. The minimum Gasteiger partial charge on any atom is -0.435 e. The topological polar surface area (TPSA) is 110 Å². The Morgan fingerprint density at radius 2 is 2.16 bits per heavy atom. The van der Waals surface area contributed by atoms with Crippen LogP contribution >= 0.6 is 0 Å². The van der Waals surface area contributed by atoms with Crippen molar-refractivity contribution < 1.29 is 23.0 Å². The van der Waals surface area contributed by atoms with Gasteiger partial charge in [0.25, 0.3) is 5.91 Å². The number of alkyl halides is 2. The summed E-state index contributed by atoms with van der Waals surface area (Å²) < 4.78 is 38.2. The van der Waals surface area contributed by atoms with E-state index in [1.165, 1.54) is 12.1 Å². The van der Waals surface area contributed by atoms with E-state index in [9.17, 15) is 13.6 Å². The summed E-state index contributed by atoms with van der Waals surface area (Å²) in [7, 11) is 2.03. The molecule has 1 unspecified atom stereocenters. The summed E-state index contributed by atoms with van der Waals surface area (Å²) in [6.07, 6.45) is 3.03. The number of fused-ring (bicyclic) bond motifs is 2. The minimum absolute atomic E-state index is 0.0119. The van der Waals surface area contributed by atoms with Crippen LogP contribution in [0, 0.1) is 0 Å². The molecule has 4 aromatic rings. The van der Waals surface area contributed by atoms with Crippen molar-refractivity contribution in [1.82, 2.24) is 34.9 Å². The van der Waals surface area contributed by atoms with Gasteiger partial charge in [0.15, 0.2) is 5.65 Å². The molecular formula is C25H29F2N7O3. The largest absolute Gasteiger partial charge is 0.435 e. The number of hydrogen-bond acceptors (Lipinski definition) is 7. The number of halogens is 2. The van der Waals surface area contributed by atoms with Gasteiger partial charge in [-0.1, -0.05) is 0 Å². The predicted molar refractivity (Wildman–Crippen MR) is 134 cm³/mol. The summed E-state index contributed by atoms with van der Waals surface area (Å²) in [4.78, 5) is 27.2. The fraction of sp³-hybridized carbons (Fsp3) is 0.440. The van der Waals surface area contributed by atoms with Gasteiger partial charge < -0.3 is 24.7 Å². The first-order chi connectivity index (χ1) is 17.6. The van der Waals surface area contributed by atoms with E-state index in [-0.39, 0.29) is 17.8 Å². The lowest BCUT2D eigenvalue weighted by Crippen LogP contribution is -2.42. The fourth-order valence-electron chi connectivity index (χ4n) is 4.42. The first kappa shape index (κ1) is 25.0. The molecule has 196 valence electrons. The molecule has 10 nitrogen and oxygen atoms in total. The average Bonchev–Trinajstić information content (AvgIpc) is 3.39. The van der Waals surface area contributed by atoms with E-state index in [1.807, 2.05) is 27.8 Å². The van der Waals surface area contributed by atoms with Gasteiger partial charge in [0, 0.05) is 30.2 Å². The van der Waals surface area contributed by atoms with Crippen LogP contribution in [0.4, 0.5) is 8.78 Å². The maximum Gasteiger partial charge on any atom is 0.387 e. The second-order valence-corrected chi connectivity index (χ2v) is 10.2. The Morgan fingerprint density at radius 3 is 2.89 bits per heavy atom. The molecule has 3 aromatic heterocycles. The summed E-state index contributed by atoms with van der Waals surface area (Å²) in [5.41, 5.74) is 2.31. The lowest BCUT2D eigenvalue weighted by Gasteiger charge is -2.30. The van der Waals surface area contributed by atoms with Crippen molar-refractivity contribution in [3.8, 4) is 17.1 Å². The van der Waals surface area contributed by atoms with Crippen LogP contribution in [-0.2, 0) is 11.3 Å². The number of morpholine rings is 1. The van der Waals surface area contributed by atoms with Crippen LogP contribution in [0.5, 0.6) is 5.75 Å². The molecule has 12 heteroatoms. The minimum atomic E-state index is -2.96. The highest BCUT2D eigenvalue weighted by atomic mass is 19.3. The molecule has 0 aliphatic carbocycles. The van der Waals surface area contributed by atoms with Gasteiger partial charge in [0.1, 0.15) is 22.7 Å². The Balaban J connectivity index is 1.59. The summed E-state index contributed by atoms with van der Waals surface area (Å²) >= 11 is 0. The number of aromatic nitrogens is 5. The van der Waals surface area contributed by atoms with Gasteiger partial charge in [-0.25, -0.2) is 9.97 Å². The number of carbonyl (C=O) groups excluding carboxylic acids is 1. The highest BCUT2D eigenvalue weighted by Crippen LogP contribution is 2.32. The van der Waals surface area contributed by atoms with Crippen LogP contribution < -0.4 is 10.1 Å². The van der Waals surface area contributed by atoms with Gasteiger partial charge in [0.2, 0.25) is 0 Å². The third-order valence-corrected chi connectivity index (χ3v) is 6.02. The van der Waals surface area contributed by atoms with Gasteiger partial charge in [0.05, 0.1) is 36.5 Å². The molecule has 1 aliphatic rings. The second-order valence-electron chi connectivity index (χ2n) is 10.2. The van der Waals surface area contributed by atoms with E-state index in [0.717, 1.165) is 18.6 Å². The smallest absolute Gasteiger partial charge is 0.387 e. The van der Waals surface area contributed by atoms with Crippen molar-refractivity contribution in [1.29, 1.82) is 0 Å². The lowest BCUT2D eigenvalue weighted by molar-refractivity contribution is -0.0497. The van der Waals surface area contributed by atoms with Crippen molar-refractivity contribution in [3.63, 3.8) is 0 Å². The van der Waals surface area contributed by atoms with Crippen molar-refractivity contribution in [3.05, 3.63) is 36.2 Å². The summed E-state index contributed by atoms with van der Waals surface area (Å²) in [6.45, 7) is 5.40. The number of likely N-dealkylation sites (N-methyl/N-ethyl adjacent to an activating group) is 1. The average molecular weight is 514 g/mol. The molecule has 1 aliphatic heterocycles. The molecule has 4 heterocycles. The Kier molecular flexibility index (Phi) is 6.54. The van der Waals surface area contributed by atoms with Crippen LogP contribution in [0.1, 0.15) is 31.1 Å². The zero-order chi connectivity index (χ0) is 26.3. The van der Waals surface area contributed by atoms with Gasteiger partial charge in [-0.2, -0.15) is 13.9 Å². The predicted octanol–water partition coefficient (Wildman–Crippen LogP) is 3.43. The van der Waals surface area contributed by atoms with E-state index < -0.39 is 12.2 Å². The molecule has 1 amide bonds. The Hall–Kier alpha value is -3.64. The molecule has 0 radical (unpaired) electrons. The molecule has 1 aromatic carbocycles. The number of H-pyrrole nitrogens is 1. The van der Waals surface area contributed by atoms with Gasteiger partial charge in [-0.15, -0.1) is 0 Å². The van der Waals surface area contributed by atoms with E-state index in [0.29, 0.717) is 46.7 Å². The number of rotatable bonds is 6. The molecule has 0 saturated carbocycles. The second kappa shape index (κ2) is 9.67. The number of amides is 1. The SMILES string of the molecule is CN1CCOC(Cn2nc(-c3cnc4[nH]cc(C(=O)NC(C)(C)C)c4n3)c3cc(OC(F)F)ccc32)C1. The molecule has 0 spiro atoms. The van der Waals surface area contributed by atoms with E-state index in [2.05, 4.69) is 24.9 Å². The number of carbonyl (C=O) groups is 1. The quantitative estimate of drug-likeness (QED) is 0.406. The summed E-state index contributed by atoms with van der Waals surface area (Å²) in [5, 5.41) is 8.29. The standard InChI is InChI=1S/C25H29F2N7O3/c1-25(2,3)31-23(35)17-10-28-22-21(17)30-18(11-29-22)20-16-9-14(37-24(26)27)5-6-19(16)34(32-20)13-15-12-33(4)7-8-36-15/h5-6,9-11,15,24H,7-8,12-13H2,1-4H3,(H,28,29)(H,31,35). The summed E-state index contributed by atoms with van der Waals surface area (Å²) in [6, 6.07) is 4.70. The molecule has 0 bridgehead atoms. The van der Waals surface area contributed by atoms with Crippen molar-refractivity contribution in [2.24, 2.45) is 0 Å².